The van der Waals surface area contributed by atoms with Gasteiger partial charge in [0.2, 0.25) is 0 Å². The van der Waals surface area contributed by atoms with Crippen molar-refractivity contribution >= 4 is 16.1 Å². The molecular weight excluding hydrogens is 184 g/mol. The zero-order valence-electron chi connectivity index (χ0n) is 6.56. The number of carboxylic acids is 1. The topological polar surface area (TPSA) is 80.7 Å². The van der Waals surface area contributed by atoms with Crippen LogP contribution in [0.2, 0.25) is 0 Å². The fraction of sp³-hybridized carbons (Fsp3) is 0.833. The third kappa shape index (κ3) is 2.78. The molecule has 1 aliphatic carbocycles. The summed E-state index contributed by atoms with van der Waals surface area (Å²) in [7, 11) is -3.65. The Bertz CT molecular complexity index is 276. The number of carboxylic acid groups (broad SMARTS) is 1. The van der Waals surface area contributed by atoms with Crippen LogP contribution in [0.5, 0.6) is 0 Å². The lowest BCUT2D eigenvalue weighted by Crippen LogP contribution is -2.28. The largest absolute Gasteiger partial charge is 0.479 e. The third-order valence-corrected chi connectivity index (χ3v) is 2.13. The highest BCUT2D eigenvalue weighted by Crippen LogP contribution is 2.34. The Morgan fingerprint density at radius 2 is 2.08 bits per heavy atom. The van der Waals surface area contributed by atoms with Gasteiger partial charge in [-0.1, -0.05) is 0 Å². The molecule has 0 aromatic carbocycles. The summed E-state index contributed by atoms with van der Waals surface area (Å²) in [6.45, 7) is 0. The fourth-order valence-corrected chi connectivity index (χ4v) is 1.52. The van der Waals surface area contributed by atoms with Gasteiger partial charge in [-0.05, 0) is 18.8 Å². The van der Waals surface area contributed by atoms with Gasteiger partial charge in [0.05, 0.1) is 6.26 Å². The van der Waals surface area contributed by atoms with Crippen molar-refractivity contribution in [2.45, 2.75) is 18.9 Å². The van der Waals surface area contributed by atoms with Crippen molar-refractivity contribution in [2.24, 2.45) is 5.92 Å². The van der Waals surface area contributed by atoms with Crippen LogP contribution in [0.4, 0.5) is 0 Å². The van der Waals surface area contributed by atoms with E-state index < -0.39 is 22.2 Å². The zero-order chi connectivity index (χ0) is 9.35. The lowest BCUT2D eigenvalue weighted by atomic mass is 10.2. The minimum absolute atomic E-state index is 0.128. The molecule has 0 bridgehead atoms. The third-order valence-electron chi connectivity index (χ3n) is 1.57. The van der Waals surface area contributed by atoms with Gasteiger partial charge >= 0.3 is 5.97 Å². The summed E-state index contributed by atoms with van der Waals surface area (Å²) in [4.78, 5) is 10.5. The highest BCUT2D eigenvalue weighted by Gasteiger charge is 2.39. The SMILES string of the molecule is CS(=O)(=O)OC(C(=O)O)C1CC1. The lowest BCUT2D eigenvalue weighted by molar-refractivity contribution is -0.145. The predicted octanol–water partition coefficient (Wildman–Crippen LogP) is -0.174. The molecule has 0 radical (unpaired) electrons. The van der Waals surface area contributed by atoms with Gasteiger partial charge in [0.15, 0.2) is 6.10 Å². The van der Waals surface area contributed by atoms with Crippen LogP contribution < -0.4 is 0 Å². The highest BCUT2D eigenvalue weighted by molar-refractivity contribution is 7.86. The van der Waals surface area contributed by atoms with Crippen molar-refractivity contribution in [3.63, 3.8) is 0 Å². The maximum Gasteiger partial charge on any atom is 0.334 e. The fourth-order valence-electron chi connectivity index (χ4n) is 0.909. The summed E-state index contributed by atoms with van der Waals surface area (Å²) < 4.78 is 25.6. The molecule has 1 aliphatic rings. The van der Waals surface area contributed by atoms with Crippen molar-refractivity contribution in [1.29, 1.82) is 0 Å². The molecule has 1 N–H and O–H groups in total. The average molecular weight is 194 g/mol. The molecule has 1 fully saturated rings. The van der Waals surface area contributed by atoms with Gasteiger partial charge in [-0.2, -0.15) is 8.42 Å². The second-order valence-electron chi connectivity index (χ2n) is 2.90. The van der Waals surface area contributed by atoms with E-state index in [0.29, 0.717) is 0 Å². The number of aliphatic carboxylic acids is 1. The summed E-state index contributed by atoms with van der Waals surface area (Å²) in [6, 6.07) is 0. The van der Waals surface area contributed by atoms with Gasteiger partial charge in [0.25, 0.3) is 10.1 Å². The Kier molecular flexibility index (Phi) is 2.39. The molecule has 0 heterocycles. The summed E-state index contributed by atoms with van der Waals surface area (Å²) in [5.41, 5.74) is 0. The molecule has 1 unspecified atom stereocenters. The first-order valence-electron chi connectivity index (χ1n) is 3.51. The molecule has 6 heteroatoms. The van der Waals surface area contributed by atoms with Crippen molar-refractivity contribution in [3.8, 4) is 0 Å². The molecule has 5 nitrogen and oxygen atoms in total. The Morgan fingerprint density at radius 1 is 1.58 bits per heavy atom. The number of carbonyl (C=O) groups is 1. The van der Waals surface area contributed by atoms with Gasteiger partial charge < -0.3 is 5.11 Å². The van der Waals surface area contributed by atoms with Crippen LogP contribution >= 0.6 is 0 Å². The molecule has 1 atom stereocenters. The molecular formula is C6H10O5S. The summed E-state index contributed by atoms with van der Waals surface area (Å²) in [5.74, 6) is -1.33. The Balaban J connectivity index is 2.61. The lowest BCUT2D eigenvalue weighted by Gasteiger charge is -2.09. The Morgan fingerprint density at radius 3 is 2.33 bits per heavy atom. The molecule has 0 aromatic rings. The zero-order valence-corrected chi connectivity index (χ0v) is 7.37. The molecule has 0 spiro atoms. The van der Waals surface area contributed by atoms with Crippen LogP contribution in [0.15, 0.2) is 0 Å². The van der Waals surface area contributed by atoms with Gasteiger partial charge in [0, 0.05) is 0 Å². The highest BCUT2D eigenvalue weighted by atomic mass is 32.2. The maximum atomic E-state index is 10.6. The first kappa shape index (κ1) is 9.47. The number of hydrogen-bond donors (Lipinski definition) is 1. The van der Waals surface area contributed by atoms with Gasteiger partial charge in [-0.15, -0.1) is 0 Å². The normalized spacial score (nSPS) is 20.4. The van der Waals surface area contributed by atoms with E-state index in [-0.39, 0.29) is 5.92 Å². The minimum atomic E-state index is -3.65. The van der Waals surface area contributed by atoms with Crippen LogP contribution in [-0.2, 0) is 19.1 Å². The van der Waals surface area contributed by atoms with Crippen LogP contribution in [0.1, 0.15) is 12.8 Å². The van der Waals surface area contributed by atoms with Crippen molar-refractivity contribution in [1.82, 2.24) is 0 Å². The van der Waals surface area contributed by atoms with Crippen LogP contribution in [0, 0.1) is 5.92 Å². The molecule has 12 heavy (non-hydrogen) atoms. The van der Waals surface area contributed by atoms with Crippen molar-refractivity contribution in [2.75, 3.05) is 6.26 Å². The monoisotopic (exact) mass is 194 g/mol. The summed E-state index contributed by atoms with van der Waals surface area (Å²) in [5, 5.41) is 8.56. The minimum Gasteiger partial charge on any atom is -0.479 e. The first-order chi connectivity index (χ1) is 5.40. The van der Waals surface area contributed by atoms with Crippen LogP contribution in [0.25, 0.3) is 0 Å². The number of rotatable bonds is 4. The second-order valence-corrected chi connectivity index (χ2v) is 4.50. The summed E-state index contributed by atoms with van der Waals surface area (Å²) in [6.07, 6.45) is 1.13. The standard InChI is InChI=1S/C6H10O5S/c1-12(9,10)11-5(6(7)8)4-2-3-4/h4-5H,2-3H2,1H3,(H,7,8). The predicted molar refractivity (Wildman–Crippen MR) is 40.1 cm³/mol. The van der Waals surface area contributed by atoms with Crippen LogP contribution in [0.3, 0.4) is 0 Å². The molecule has 1 rings (SSSR count). The molecule has 70 valence electrons. The van der Waals surface area contributed by atoms with Gasteiger partial charge in [0.1, 0.15) is 0 Å². The Labute approximate surface area is 70.5 Å². The average Bonchev–Trinajstić information content (AvgIpc) is 2.61. The van der Waals surface area contributed by atoms with E-state index in [2.05, 4.69) is 4.18 Å². The molecule has 0 saturated heterocycles. The molecule has 0 aliphatic heterocycles. The van der Waals surface area contributed by atoms with E-state index in [1.807, 2.05) is 0 Å². The quantitative estimate of drug-likeness (QED) is 0.628. The van der Waals surface area contributed by atoms with E-state index in [1.54, 1.807) is 0 Å². The van der Waals surface area contributed by atoms with E-state index in [1.165, 1.54) is 0 Å². The van der Waals surface area contributed by atoms with Crippen molar-refractivity contribution < 1.29 is 22.5 Å². The molecule has 0 aromatic heterocycles. The maximum absolute atomic E-state index is 10.6. The van der Waals surface area contributed by atoms with Gasteiger partial charge in [-0.3, -0.25) is 4.18 Å². The van der Waals surface area contributed by atoms with Crippen LogP contribution in [-0.4, -0.2) is 31.9 Å². The smallest absolute Gasteiger partial charge is 0.334 e. The van der Waals surface area contributed by atoms with E-state index in [9.17, 15) is 13.2 Å². The molecule has 1 saturated carbocycles. The van der Waals surface area contributed by atoms with E-state index in [0.717, 1.165) is 19.1 Å². The van der Waals surface area contributed by atoms with E-state index >= 15 is 0 Å². The summed E-state index contributed by atoms with van der Waals surface area (Å²) >= 11 is 0. The van der Waals surface area contributed by atoms with E-state index in [4.69, 9.17) is 5.11 Å². The number of hydrogen-bond acceptors (Lipinski definition) is 4. The second kappa shape index (κ2) is 3.02. The Hall–Kier alpha value is -0.620. The molecule has 0 amide bonds. The first-order valence-corrected chi connectivity index (χ1v) is 5.33. The van der Waals surface area contributed by atoms with Gasteiger partial charge in [-0.25, -0.2) is 4.79 Å². The van der Waals surface area contributed by atoms with Crippen molar-refractivity contribution in [3.05, 3.63) is 0 Å².